The van der Waals surface area contributed by atoms with Crippen molar-refractivity contribution in [3.8, 4) is 0 Å². The number of anilines is 1. The van der Waals surface area contributed by atoms with Crippen molar-refractivity contribution in [1.82, 2.24) is 4.90 Å². The predicted octanol–water partition coefficient (Wildman–Crippen LogP) is 4.40. The van der Waals surface area contributed by atoms with Crippen LogP contribution in [0.4, 0.5) is 5.69 Å². The number of amides is 2. The highest BCUT2D eigenvalue weighted by molar-refractivity contribution is 14.1. The van der Waals surface area contributed by atoms with E-state index in [0.29, 0.717) is 18.7 Å². The molecule has 1 N–H and O–H groups in total. The van der Waals surface area contributed by atoms with Gasteiger partial charge in [0.1, 0.15) is 0 Å². The van der Waals surface area contributed by atoms with Crippen LogP contribution in [0.1, 0.15) is 34.3 Å². The highest BCUT2D eigenvalue weighted by Gasteiger charge is 2.29. The van der Waals surface area contributed by atoms with Gasteiger partial charge in [-0.3, -0.25) is 9.59 Å². The predicted molar refractivity (Wildman–Crippen MR) is 112 cm³/mol. The van der Waals surface area contributed by atoms with Crippen LogP contribution >= 0.6 is 22.6 Å². The summed E-state index contributed by atoms with van der Waals surface area (Å²) >= 11 is 2.27. The molecule has 3 rings (SSSR count). The first-order valence-corrected chi connectivity index (χ1v) is 9.95. The number of likely N-dealkylation sites (tertiary alicyclic amines) is 1. The van der Waals surface area contributed by atoms with E-state index in [1.807, 2.05) is 56.3 Å². The largest absolute Gasteiger partial charge is 0.338 e. The molecular formula is C21H23IN2O2. The Bertz CT molecular complexity index is 817. The Labute approximate surface area is 168 Å². The first-order valence-electron chi connectivity index (χ1n) is 8.87. The van der Waals surface area contributed by atoms with Crippen LogP contribution in [0.5, 0.6) is 0 Å². The van der Waals surface area contributed by atoms with E-state index in [1.54, 1.807) is 4.90 Å². The van der Waals surface area contributed by atoms with Gasteiger partial charge in [0.15, 0.2) is 0 Å². The average molecular weight is 462 g/mol. The molecule has 5 heteroatoms. The van der Waals surface area contributed by atoms with Crippen LogP contribution in [-0.2, 0) is 4.79 Å². The van der Waals surface area contributed by atoms with Crippen LogP contribution in [0, 0.1) is 23.3 Å². The number of nitrogens with one attached hydrogen (secondary N) is 1. The minimum atomic E-state index is -0.169. The molecule has 1 atom stereocenters. The van der Waals surface area contributed by atoms with E-state index in [2.05, 4.69) is 27.9 Å². The van der Waals surface area contributed by atoms with Crippen LogP contribution in [0.15, 0.2) is 42.5 Å². The number of benzene rings is 2. The molecule has 0 radical (unpaired) electrons. The van der Waals surface area contributed by atoms with Gasteiger partial charge in [-0.1, -0.05) is 23.8 Å². The first-order chi connectivity index (χ1) is 12.4. The van der Waals surface area contributed by atoms with E-state index in [1.165, 1.54) is 5.56 Å². The summed E-state index contributed by atoms with van der Waals surface area (Å²) < 4.78 is 1.13. The number of carbonyl (C=O) groups excluding carboxylic acids is 2. The molecule has 136 valence electrons. The standard InChI is InChI=1S/C21H23IN2O2/c1-14-5-8-16(9-6-14)21(26)24-11-3-4-17(13-24)20(25)23-18-10-7-15(2)19(22)12-18/h5-10,12,17H,3-4,11,13H2,1-2H3,(H,23,25). The Morgan fingerprint density at radius 2 is 1.85 bits per heavy atom. The Morgan fingerprint density at radius 3 is 2.54 bits per heavy atom. The molecule has 0 spiro atoms. The topological polar surface area (TPSA) is 49.4 Å². The second-order valence-electron chi connectivity index (χ2n) is 6.91. The van der Waals surface area contributed by atoms with Gasteiger partial charge in [0.05, 0.1) is 5.92 Å². The van der Waals surface area contributed by atoms with Gasteiger partial charge < -0.3 is 10.2 Å². The molecule has 1 fully saturated rings. The molecule has 1 saturated heterocycles. The number of halogens is 1. The molecule has 0 bridgehead atoms. The second-order valence-corrected chi connectivity index (χ2v) is 8.07. The monoisotopic (exact) mass is 462 g/mol. The number of piperidine rings is 1. The highest BCUT2D eigenvalue weighted by atomic mass is 127. The summed E-state index contributed by atoms with van der Waals surface area (Å²) in [5, 5.41) is 3.00. The van der Waals surface area contributed by atoms with Crippen LogP contribution in [-0.4, -0.2) is 29.8 Å². The van der Waals surface area contributed by atoms with Crippen LogP contribution < -0.4 is 5.32 Å². The van der Waals surface area contributed by atoms with E-state index >= 15 is 0 Å². The van der Waals surface area contributed by atoms with Crippen molar-refractivity contribution < 1.29 is 9.59 Å². The fourth-order valence-corrected chi connectivity index (χ4v) is 3.68. The van der Waals surface area contributed by atoms with E-state index < -0.39 is 0 Å². The van der Waals surface area contributed by atoms with E-state index in [9.17, 15) is 9.59 Å². The summed E-state index contributed by atoms with van der Waals surface area (Å²) in [6.45, 7) is 5.23. The van der Waals surface area contributed by atoms with Gasteiger partial charge in [-0.05, 0) is 79.1 Å². The summed E-state index contributed by atoms with van der Waals surface area (Å²) in [5.74, 6) is -0.171. The fourth-order valence-electron chi connectivity index (χ4n) is 3.17. The number of carbonyl (C=O) groups is 2. The lowest BCUT2D eigenvalue weighted by atomic mass is 9.96. The number of hydrogen-bond acceptors (Lipinski definition) is 2. The summed E-state index contributed by atoms with van der Waals surface area (Å²) in [6, 6.07) is 13.5. The molecule has 0 aromatic heterocycles. The van der Waals surface area contributed by atoms with E-state index in [-0.39, 0.29) is 17.7 Å². The lowest BCUT2D eigenvalue weighted by molar-refractivity contribution is -0.121. The third kappa shape index (κ3) is 4.44. The van der Waals surface area contributed by atoms with Crippen molar-refractivity contribution >= 4 is 40.1 Å². The molecule has 4 nitrogen and oxygen atoms in total. The smallest absolute Gasteiger partial charge is 0.253 e. The fraction of sp³-hybridized carbons (Fsp3) is 0.333. The molecule has 0 saturated carbocycles. The van der Waals surface area contributed by atoms with Gasteiger partial charge in [0.25, 0.3) is 5.91 Å². The summed E-state index contributed by atoms with van der Waals surface area (Å²) in [4.78, 5) is 27.2. The molecular weight excluding hydrogens is 439 g/mol. The molecule has 1 unspecified atom stereocenters. The third-order valence-electron chi connectivity index (χ3n) is 4.82. The lowest BCUT2D eigenvalue weighted by Gasteiger charge is -2.32. The Kier molecular flexibility index (Phi) is 5.96. The molecule has 2 aromatic carbocycles. The number of aryl methyl sites for hydroxylation is 2. The zero-order valence-electron chi connectivity index (χ0n) is 15.1. The van der Waals surface area contributed by atoms with Gasteiger partial charge in [0.2, 0.25) is 5.91 Å². The van der Waals surface area contributed by atoms with Gasteiger partial charge in [-0.2, -0.15) is 0 Å². The molecule has 0 aliphatic carbocycles. The minimum absolute atomic E-state index is 0.00684. The maximum absolute atomic E-state index is 12.7. The molecule has 1 heterocycles. The lowest BCUT2D eigenvalue weighted by Crippen LogP contribution is -2.43. The molecule has 2 aromatic rings. The number of rotatable bonds is 3. The number of hydrogen-bond donors (Lipinski definition) is 1. The molecule has 1 aliphatic rings. The zero-order valence-corrected chi connectivity index (χ0v) is 17.2. The maximum atomic E-state index is 12.7. The van der Waals surface area contributed by atoms with Crippen LogP contribution in [0.3, 0.4) is 0 Å². The Hall–Kier alpha value is -1.89. The van der Waals surface area contributed by atoms with Crippen molar-refractivity contribution in [2.24, 2.45) is 5.92 Å². The van der Waals surface area contributed by atoms with Crippen molar-refractivity contribution in [1.29, 1.82) is 0 Å². The van der Waals surface area contributed by atoms with Crippen molar-refractivity contribution in [3.05, 3.63) is 62.7 Å². The average Bonchev–Trinajstić information content (AvgIpc) is 2.65. The Balaban J connectivity index is 1.65. The van der Waals surface area contributed by atoms with Crippen molar-refractivity contribution in [3.63, 3.8) is 0 Å². The molecule has 1 aliphatic heterocycles. The van der Waals surface area contributed by atoms with Crippen molar-refractivity contribution in [2.45, 2.75) is 26.7 Å². The normalized spacial score (nSPS) is 17.0. The minimum Gasteiger partial charge on any atom is -0.338 e. The van der Waals surface area contributed by atoms with Gasteiger partial charge in [0, 0.05) is 27.9 Å². The van der Waals surface area contributed by atoms with Gasteiger partial charge in [-0.25, -0.2) is 0 Å². The van der Waals surface area contributed by atoms with Gasteiger partial charge >= 0.3 is 0 Å². The highest BCUT2D eigenvalue weighted by Crippen LogP contribution is 2.22. The third-order valence-corrected chi connectivity index (χ3v) is 5.98. The summed E-state index contributed by atoms with van der Waals surface area (Å²) in [7, 11) is 0. The summed E-state index contributed by atoms with van der Waals surface area (Å²) in [5.41, 5.74) is 3.82. The quantitative estimate of drug-likeness (QED) is 0.688. The second kappa shape index (κ2) is 8.20. The van der Waals surface area contributed by atoms with E-state index in [0.717, 1.165) is 27.7 Å². The SMILES string of the molecule is Cc1ccc(C(=O)N2CCCC(C(=O)Nc3ccc(C)c(I)c3)C2)cc1. The maximum Gasteiger partial charge on any atom is 0.253 e. The molecule has 26 heavy (non-hydrogen) atoms. The van der Waals surface area contributed by atoms with Crippen LogP contribution in [0.25, 0.3) is 0 Å². The van der Waals surface area contributed by atoms with Crippen LogP contribution in [0.2, 0.25) is 0 Å². The zero-order chi connectivity index (χ0) is 18.7. The van der Waals surface area contributed by atoms with Crippen molar-refractivity contribution in [2.75, 3.05) is 18.4 Å². The first kappa shape index (κ1) is 18.9. The summed E-state index contributed by atoms with van der Waals surface area (Å²) in [6.07, 6.45) is 1.66. The van der Waals surface area contributed by atoms with Gasteiger partial charge in [-0.15, -0.1) is 0 Å². The number of nitrogens with zero attached hydrogens (tertiary/aromatic N) is 1. The van der Waals surface area contributed by atoms with E-state index in [4.69, 9.17) is 0 Å². The Morgan fingerprint density at radius 1 is 1.12 bits per heavy atom. The molecule has 2 amide bonds.